The summed E-state index contributed by atoms with van der Waals surface area (Å²) in [6.07, 6.45) is 2.42. The summed E-state index contributed by atoms with van der Waals surface area (Å²) < 4.78 is 5.53. The van der Waals surface area contributed by atoms with E-state index in [1.807, 2.05) is 25.7 Å². The van der Waals surface area contributed by atoms with Gasteiger partial charge >= 0.3 is 6.09 Å². The summed E-state index contributed by atoms with van der Waals surface area (Å²) in [5.74, 6) is 0.796. The van der Waals surface area contributed by atoms with Crippen LogP contribution < -0.4 is 0 Å². The van der Waals surface area contributed by atoms with Gasteiger partial charge in [0.25, 0.3) is 0 Å². The van der Waals surface area contributed by atoms with Gasteiger partial charge in [0, 0.05) is 31.7 Å². The quantitative estimate of drug-likeness (QED) is 0.782. The third-order valence-corrected chi connectivity index (χ3v) is 5.06. The molecule has 1 amide bonds. The van der Waals surface area contributed by atoms with Crippen molar-refractivity contribution >= 4 is 6.09 Å². The van der Waals surface area contributed by atoms with Gasteiger partial charge in [-0.25, -0.2) is 4.79 Å². The number of hydrogen-bond donors (Lipinski definition) is 0. The lowest BCUT2D eigenvalue weighted by atomic mass is 9.94. The van der Waals surface area contributed by atoms with Crippen LogP contribution in [0.2, 0.25) is 0 Å². The van der Waals surface area contributed by atoms with Gasteiger partial charge < -0.3 is 14.5 Å². The van der Waals surface area contributed by atoms with E-state index in [0.717, 1.165) is 19.0 Å². The molecule has 2 fully saturated rings. The average Bonchev–Trinajstić information content (AvgIpc) is 2.42. The minimum absolute atomic E-state index is 0.171. The van der Waals surface area contributed by atoms with Crippen molar-refractivity contribution in [1.82, 2.24) is 14.7 Å². The van der Waals surface area contributed by atoms with E-state index >= 15 is 0 Å². The lowest BCUT2D eigenvalue weighted by Gasteiger charge is -2.46. The summed E-state index contributed by atoms with van der Waals surface area (Å²) >= 11 is 0. The first-order chi connectivity index (χ1) is 10.7. The maximum atomic E-state index is 12.3. The number of ether oxygens (including phenoxy) is 1. The lowest BCUT2D eigenvalue weighted by Crippen LogP contribution is -2.59. The van der Waals surface area contributed by atoms with Gasteiger partial charge in [0.2, 0.25) is 0 Å². The van der Waals surface area contributed by atoms with Crippen LogP contribution in [0.3, 0.4) is 0 Å². The van der Waals surface area contributed by atoms with Crippen molar-refractivity contribution in [1.29, 1.82) is 0 Å². The molecule has 134 valence electrons. The Kier molecular flexibility index (Phi) is 5.95. The molecule has 2 heterocycles. The Labute approximate surface area is 141 Å². The maximum Gasteiger partial charge on any atom is 0.410 e. The van der Waals surface area contributed by atoms with E-state index in [-0.39, 0.29) is 6.09 Å². The number of nitrogens with zero attached hydrogens (tertiary/aromatic N) is 3. The van der Waals surface area contributed by atoms with Crippen molar-refractivity contribution in [2.75, 3.05) is 39.8 Å². The van der Waals surface area contributed by atoms with Crippen molar-refractivity contribution in [2.24, 2.45) is 5.92 Å². The Morgan fingerprint density at radius 1 is 1.09 bits per heavy atom. The molecule has 2 aliphatic rings. The second kappa shape index (κ2) is 7.39. The molecule has 0 N–H and O–H groups in total. The Hall–Kier alpha value is -0.810. The third-order valence-electron chi connectivity index (χ3n) is 5.06. The minimum Gasteiger partial charge on any atom is -0.444 e. The monoisotopic (exact) mass is 325 g/mol. The van der Waals surface area contributed by atoms with E-state index in [1.54, 1.807) is 0 Å². The van der Waals surface area contributed by atoms with Crippen molar-refractivity contribution in [2.45, 2.75) is 65.1 Å². The molecule has 0 aromatic rings. The van der Waals surface area contributed by atoms with Crippen LogP contribution in [0.5, 0.6) is 0 Å². The average molecular weight is 325 g/mol. The largest absolute Gasteiger partial charge is 0.444 e. The first kappa shape index (κ1) is 18.5. The summed E-state index contributed by atoms with van der Waals surface area (Å²) in [5, 5.41) is 0. The number of piperazine rings is 1. The number of rotatable bonds is 2. The summed E-state index contributed by atoms with van der Waals surface area (Å²) in [6, 6.07) is 0.789. The summed E-state index contributed by atoms with van der Waals surface area (Å²) in [5.41, 5.74) is -0.422. The second-order valence-corrected chi connectivity index (χ2v) is 8.53. The van der Waals surface area contributed by atoms with E-state index in [2.05, 4.69) is 30.7 Å². The van der Waals surface area contributed by atoms with Gasteiger partial charge in [0.15, 0.2) is 0 Å². The van der Waals surface area contributed by atoms with Gasteiger partial charge in [-0.3, -0.25) is 4.90 Å². The smallest absolute Gasteiger partial charge is 0.410 e. The van der Waals surface area contributed by atoms with Crippen LogP contribution in [-0.2, 0) is 4.74 Å². The second-order valence-electron chi connectivity index (χ2n) is 8.53. The van der Waals surface area contributed by atoms with Crippen molar-refractivity contribution < 1.29 is 9.53 Å². The van der Waals surface area contributed by atoms with Gasteiger partial charge in [0.05, 0.1) is 0 Å². The summed E-state index contributed by atoms with van der Waals surface area (Å²) in [7, 11) is 2.21. The van der Waals surface area contributed by atoms with E-state index in [4.69, 9.17) is 4.74 Å². The van der Waals surface area contributed by atoms with E-state index in [0.29, 0.717) is 12.1 Å². The maximum absolute atomic E-state index is 12.3. The number of amides is 1. The van der Waals surface area contributed by atoms with Crippen LogP contribution in [0.1, 0.15) is 47.5 Å². The fourth-order valence-electron chi connectivity index (χ4n) is 3.73. The standard InChI is InChI=1S/C18H35N3O2/c1-14-11-20(17(22)23-18(3,4)5)12-15(2)21(14)13-16-7-9-19(6)10-8-16/h14-16H,7-13H2,1-6H3/t14-,15+. The summed E-state index contributed by atoms with van der Waals surface area (Å²) in [6.45, 7) is 15.4. The van der Waals surface area contributed by atoms with Gasteiger partial charge in [-0.15, -0.1) is 0 Å². The van der Waals surface area contributed by atoms with Gasteiger partial charge in [-0.05, 0) is 73.5 Å². The van der Waals surface area contributed by atoms with Crippen molar-refractivity contribution in [3.8, 4) is 0 Å². The first-order valence-corrected chi connectivity index (χ1v) is 9.08. The van der Waals surface area contributed by atoms with Gasteiger partial charge in [-0.1, -0.05) is 0 Å². The molecular formula is C18H35N3O2. The predicted octanol–water partition coefficient (Wildman–Crippen LogP) is 2.66. The van der Waals surface area contributed by atoms with E-state index in [9.17, 15) is 4.79 Å². The number of carbonyl (C=O) groups is 1. The molecule has 0 aromatic carbocycles. The SMILES string of the molecule is C[C@@H]1CN(C(=O)OC(C)(C)C)C[C@H](C)N1CC1CCN(C)CC1. The Morgan fingerprint density at radius 2 is 1.61 bits per heavy atom. The molecule has 2 rings (SSSR count). The molecule has 0 saturated carbocycles. The molecular weight excluding hydrogens is 290 g/mol. The molecule has 5 nitrogen and oxygen atoms in total. The van der Waals surface area contributed by atoms with Crippen LogP contribution in [-0.4, -0.2) is 78.2 Å². The highest BCUT2D eigenvalue weighted by Gasteiger charge is 2.35. The van der Waals surface area contributed by atoms with Crippen molar-refractivity contribution in [3.05, 3.63) is 0 Å². The van der Waals surface area contributed by atoms with Crippen LogP contribution >= 0.6 is 0 Å². The minimum atomic E-state index is -0.422. The molecule has 0 aliphatic carbocycles. The zero-order valence-electron chi connectivity index (χ0n) is 15.8. The fraction of sp³-hybridized carbons (Fsp3) is 0.944. The highest BCUT2D eigenvalue weighted by Crippen LogP contribution is 2.24. The highest BCUT2D eigenvalue weighted by molar-refractivity contribution is 5.68. The summed E-state index contributed by atoms with van der Waals surface area (Å²) in [4.78, 5) is 19.2. The molecule has 23 heavy (non-hydrogen) atoms. The number of piperidine rings is 1. The molecule has 2 saturated heterocycles. The lowest BCUT2D eigenvalue weighted by molar-refractivity contribution is -0.0136. The van der Waals surface area contributed by atoms with Crippen LogP contribution in [0.4, 0.5) is 4.79 Å². The molecule has 0 bridgehead atoms. The van der Waals surface area contributed by atoms with Crippen LogP contribution in [0.15, 0.2) is 0 Å². The van der Waals surface area contributed by atoms with E-state index < -0.39 is 5.60 Å². The fourth-order valence-corrected chi connectivity index (χ4v) is 3.73. The molecule has 0 aromatic heterocycles. The van der Waals surface area contributed by atoms with Crippen LogP contribution in [0, 0.1) is 5.92 Å². The number of hydrogen-bond acceptors (Lipinski definition) is 4. The van der Waals surface area contributed by atoms with Gasteiger partial charge in [0.1, 0.15) is 5.60 Å². The molecule has 2 aliphatic heterocycles. The van der Waals surface area contributed by atoms with Gasteiger partial charge in [-0.2, -0.15) is 0 Å². The molecule has 5 heteroatoms. The van der Waals surface area contributed by atoms with Crippen molar-refractivity contribution in [3.63, 3.8) is 0 Å². The topological polar surface area (TPSA) is 36.0 Å². The third kappa shape index (κ3) is 5.35. The normalized spacial score (nSPS) is 28.9. The predicted molar refractivity (Wildman–Crippen MR) is 93.7 cm³/mol. The molecule has 2 atom stereocenters. The molecule has 0 unspecified atom stereocenters. The first-order valence-electron chi connectivity index (χ1n) is 9.08. The number of likely N-dealkylation sites (tertiary alicyclic amines) is 1. The molecule has 0 radical (unpaired) electrons. The van der Waals surface area contributed by atoms with E-state index in [1.165, 1.54) is 32.5 Å². The Balaban J connectivity index is 1.88. The Bertz CT molecular complexity index is 388. The zero-order valence-corrected chi connectivity index (χ0v) is 15.8. The zero-order chi connectivity index (χ0) is 17.2. The van der Waals surface area contributed by atoms with Crippen LogP contribution in [0.25, 0.3) is 0 Å². The molecule has 0 spiro atoms. The highest BCUT2D eigenvalue weighted by atomic mass is 16.6. The number of carbonyl (C=O) groups excluding carboxylic acids is 1. The Morgan fingerprint density at radius 3 is 2.09 bits per heavy atom.